The van der Waals surface area contributed by atoms with Crippen LogP contribution in [-0.2, 0) is 19.2 Å². The van der Waals surface area contributed by atoms with E-state index in [4.69, 9.17) is 15.9 Å². The van der Waals surface area contributed by atoms with E-state index in [-0.39, 0.29) is 31.7 Å². The lowest BCUT2D eigenvalue weighted by Crippen LogP contribution is -2.54. The molecule has 2 atom stereocenters. The number of hydrogen-bond acceptors (Lipinski definition) is 5. The summed E-state index contributed by atoms with van der Waals surface area (Å²) in [6, 6.07) is -1.89. The van der Waals surface area contributed by atoms with Gasteiger partial charge < -0.3 is 26.6 Å². The first kappa shape index (κ1) is 19.8. The molecular formula is C13H23N3O6. The fourth-order valence-electron chi connectivity index (χ4n) is 1.61. The molecule has 22 heavy (non-hydrogen) atoms. The summed E-state index contributed by atoms with van der Waals surface area (Å²) in [6.45, 7) is 3.38. The monoisotopic (exact) mass is 317 g/mol. The molecule has 0 spiro atoms. The predicted molar refractivity (Wildman–Crippen MR) is 76.9 cm³/mol. The van der Waals surface area contributed by atoms with Crippen molar-refractivity contribution < 1.29 is 29.4 Å². The average Bonchev–Trinajstić information content (AvgIpc) is 2.40. The highest BCUT2D eigenvalue weighted by atomic mass is 16.4. The van der Waals surface area contributed by atoms with E-state index in [0.29, 0.717) is 0 Å². The Bertz CT molecular complexity index is 424. The van der Waals surface area contributed by atoms with Gasteiger partial charge in [-0.2, -0.15) is 0 Å². The molecule has 0 rings (SSSR count). The molecule has 0 saturated heterocycles. The molecule has 0 bridgehead atoms. The maximum Gasteiger partial charge on any atom is 0.305 e. The maximum atomic E-state index is 11.9. The zero-order valence-electron chi connectivity index (χ0n) is 12.7. The van der Waals surface area contributed by atoms with Crippen LogP contribution in [0.1, 0.15) is 33.1 Å². The average molecular weight is 317 g/mol. The van der Waals surface area contributed by atoms with Crippen molar-refractivity contribution >= 4 is 23.8 Å². The SMILES string of the molecule is CC(C)[C@H](NC(=O)[C@@H](N)CCC(=O)O)C(=O)NCCC(=O)O. The molecule has 0 aromatic rings. The normalized spacial score (nSPS) is 13.3. The number of rotatable bonds is 10. The molecule has 0 radical (unpaired) electrons. The Labute approximate surface area is 128 Å². The lowest BCUT2D eigenvalue weighted by Gasteiger charge is -2.23. The summed E-state index contributed by atoms with van der Waals surface area (Å²) in [4.78, 5) is 44.6. The minimum Gasteiger partial charge on any atom is -0.481 e. The Kier molecular flexibility index (Phi) is 8.76. The van der Waals surface area contributed by atoms with Gasteiger partial charge in [0, 0.05) is 13.0 Å². The Hall–Kier alpha value is -2.16. The van der Waals surface area contributed by atoms with Gasteiger partial charge in [-0.05, 0) is 12.3 Å². The van der Waals surface area contributed by atoms with Crippen molar-refractivity contribution in [2.45, 2.75) is 45.2 Å². The second-order valence-electron chi connectivity index (χ2n) is 5.20. The Balaban J connectivity index is 4.49. The summed E-state index contributed by atoms with van der Waals surface area (Å²) in [7, 11) is 0. The Morgan fingerprint density at radius 2 is 1.55 bits per heavy atom. The minimum absolute atomic E-state index is 0.0351. The molecule has 0 aromatic heterocycles. The fraction of sp³-hybridized carbons (Fsp3) is 0.692. The summed E-state index contributed by atoms with van der Waals surface area (Å²) in [5.74, 6) is -3.46. The topological polar surface area (TPSA) is 159 Å². The number of amides is 2. The third kappa shape index (κ3) is 8.20. The summed E-state index contributed by atoms with van der Waals surface area (Å²) in [5.41, 5.74) is 5.57. The van der Waals surface area contributed by atoms with Crippen molar-refractivity contribution in [2.24, 2.45) is 11.7 Å². The van der Waals surface area contributed by atoms with Gasteiger partial charge in [0.15, 0.2) is 0 Å². The zero-order valence-corrected chi connectivity index (χ0v) is 12.7. The number of nitrogens with two attached hydrogens (primary N) is 1. The van der Waals surface area contributed by atoms with E-state index >= 15 is 0 Å². The smallest absolute Gasteiger partial charge is 0.305 e. The van der Waals surface area contributed by atoms with Crippen LogP contribution < -0.4 is 16.4 Å². The molecule has 0 fully saturated rings. The number of hydrogen-bond donors (Lipinski definition) is 5. The molecule has 0 unspecified atom stereocenters. The minimum atomic E-state index is -1.06. The highest BCUT2D eigenvalue weighted by Gasteiger charge is 2.26. The molecule has 0 saturated carbocycles. The molecule has 0 aromatic carbocycles. The van der Waals surface area contributed by atoms with Crippen LogP contribution >= 0.6 is 0 Å². The van der Waals surface area contributed by atoms with Crippen LogP contribution in [0.15, 0.2) is 0 Å². The van der Waals surface area contributed by atoms with E-state index in [1.807, 2.05) is 0 Å². The third-order valence-corrected chi connectivity index (χ3v) is 2.89. The number of carboxylic acid groups (broad SMARTS) is 2. The van der Waals surface area contributed by atoms with Crippen LogP contribution in [-0.4, -0.2) is 52.6 Å². The number of carboxylic acids is 2. The largest absolute Gasteiger partial charge is 0.481 e. The standard InChI is InChI=1S/C13H23N3O6/c1-7(2)11(13(22)15-6-5-10(19)20)16-12(21)8(14)3-4-9(17)18/h7-8,11H,3-6,14H2,1-2H3,(H,15,22)(H,16,21)(H,17,18)(H,19,20)/t8-,11-/m0/s1. The third-order valence-electron chi connectivity index (χ3n) is 2.89. The number of nitrogens with one attached hydrogen (secondary N) is 2. The number of aliphatic carboxylic acids is 2. The Morgan fingerprint density at radius 1 is 1.00 bits per heavy atom. The quantitative estimate of drug-likeness (QED) is 0.342. The van der Waals surface area contributed by atoms with Gasteiger partial charge in [0.25, 0.3) is 0 Å². The summed E-state index contributed by atoms with van der Waals surface area (Å²) >= 11 is 0. The van der Waals surface area contributed by atoms with Crippen LogP contribution in [0.2, 0.25) is 0 Å². The van der Waals surface area contributed by atoms with E-state index in [2.05, 4.69) is 10.6 Å². The molecule has 0 aliphatic rings. The first-order valence-electron chi connectivity index (χ1n) is 6.92. The van der Waals surface area contributed by atoms with Crippen LogP contribution in [0.25, 0.3) is 0 Å². The summed E-state index contributed by atoms with van der Waals surface area (Å²) in [6.07, 6.45) is -0.499. The van der Waals surface area contributed by atoms with Crippen molar-refractivity contribution in [1.29, 1.82) is 0 Å². The van der Waals surface area contributed by atoms with Gasteiger partial charge in [-0.3, -0.25) is 19.2 Å². The van der Waals surface area contributed by atoms with Gasteiger partial charge in [-0.25, -0.2) is 0 Å². The van der Waals surface area contributed by atoms with Gasteiger partial charge in [0.05, 0.1) is 12.5 Å². The van der Waals surface area contributed by atoms with E-state index in [1.54, 1.807) is 13.8 Å². The molecule has 126 valence electrons. The van der Waals surface area contributed by atoms with Crippen molar-refractivity contribution in [1.82, 2.24) is 10.6 Å². The van der Waals surface area contributed by atoms with Gasteiger partial charge in [0.2, 0.25) is 11.8 Å². The fourth-order valence-corrected chi connectivity index (χ4v) is 1.61. The summed E-state index contributed by atoms with van der Waals surface area (Å²) in [5, 5.41) is 21.9. The van der Waals surface area contributed by atoms with Gasteiger partial charge in [-0.15, -0.1) is 0 Å². The number of carbonyl (C=O) groups is 4. The molecule has 0 aliphatic heterocycles. The molecule has 0 heterocycles. The molecule has 2 amide bonds. The van der Waals surface area contributed by atoms with E-state index in [0.717, 1.165) is 0 Å². The molecule has 9 heteroatoms. The van der Waals surface area contributed by atoms with Crippen molar-refractivity contribution in [2.75, 3.05) is 6.54 Å². The number of carbonyl (C=O) groups excluding carboxylic acids is 2. The maximum absolute atomic E-state index is 11.9. The lowest BCUT2D eigenvalue weighted by molar-refractivity contribution is -0.138. The van der Waals surface area contributed by atoms with E-state index in [9.17, 15) is 19.2 Å². The van der Waals surface area contributed by atoms with Crippen LogP contribution in [0.5, 0.6) is 0 Å². The lowest BCUT2D eigenvalue weighted by atomic mass is 10.0. The second kappa shape index (κ2) is 9.72. The van der Waals surface area contributed by atoms with Crippen LogP contribution in [0, 0.1) is 5.92 Å². The highest BCUT2D eigenvalue weighted by Crippen LogP contribution is 2.04. The van der Waals surface area contributed by atoms with Gasteiger partial charge >= 0.3 is 11.9 Å². The predicted octanol–water partition coefficient (Wildman–Crippen LogP) is -1.09. The van der Waals surface area contributed by atoms with Crippen LogP contribution in [0.3, 0.4) is 0 Å². The molecule has 9 nitrogen and oxygen atoms in total. The highest BCUT2D eigenvalue weighted by molar-refractivity contribution is 5.90. The van der Waals surface area contributed by atoms with Crippen LogP contribution in [0.4, 0.5) is 0 Å². The first-order valence-corrected chi connectivity index (χ1v) is 6.92. The van der Waals surface area contributed by atoms with Gasteiger partial charge in [-0.1, -0.05) is 13.8 Å². The summed E-state index contributed by atoms with van der Waals surface area (Å²) < 4.78 is 0. The first-order chi connectivity index (χ1) is 10.1. The molecular weight excluding hydrogens is 294 g/mol. The molecule has 6 N–H and O–H groups in total. The Morgan fingerprint density at radius 3 is 2.00 bits per heavy atom. The van der Waals surface area contributed by atoms with Crippen molar-refractivity contribution in [3.63, 3.8) is 0 Å². The zero-order chi connectivity index (χ0) is 17.3. The molecule has 0 aliphatic carbocycles. The van der Waals surface area contributed by atoms with E-state index in [1.165, 1.54) is 0 Å². The van der Waals surface area contributed by atoms with Crippen molar-refractivity contribution in [3.8, 4) is 0 Å². The van der Waals surface area contributed by atoms with E-state index < -0.39 is 35.8 Å². The van der Waals surface area contributed by atoms with Crippen molar-refractivity contribution in [3.05, 3.63) is 0 Å². The van der Waals surface area contributed by atoms with Gasteiger partial charge in [0.1, 0.15) is 6.04 Å². The second-order valence-corrected chi connectivity index (χ2v) is 5.20.